The number of aryl methyl sites for hydroxylation is 1. The molecule has 0 aliphatic carbocycles. The average Bonchev–Trinajstić information content (AvgIpc) is 2.98. The fraction of sp³-hybridized carbons (Fsp3) is 0.438. The van der Waals surface area contributed by atoms with E-state index in [0.29, 0.717) is 41.1 Å². The van der Waals surface area contributed by atoms with Gasteiger partial charge in [0.05, 0.1) is 10.0 Å². The number of piperazine rings is 1. The number of nitrogens with zero attached hydrogens (tertiary/aromatic N) is 4. The summed E-state index contributed by atoms with van der Waals surface area (Å²) >= 11 is 12.5. The number of carbonyl (C=O) groups is 1. The molecule has 1 atom stereocenters. The summed E-state index contributed by atoms with van der Waals surface area (Å²) in [6, 6.07) is 5.51. The predicted molar refractivity (Wildman–Crippen MR) is 101 cm³/mol. The van der Waals surface area contributed by atoms with Gasteiger partial charge >= 0.3 is 0 Å². The fourth-order valence-electron chi connectivity index (χ4n) is 2.79. The van der Waals surface area contributed by atoms with Gasteiger partial charge in [-0.05, 0) is 19.1 Å². The lowest BCUT2D eigenvalue weighted by Gasteiger charge is -2.31. The molecule has 2 heterocycles. The molecule has 0 radical (unpaired) electrons. The number of halogens is 3. The van der Waals surface area contributed by atoms with Crippen molar-refractivity contribution in [2.75, 3.05) is 19.6 Å². The van der Waals surface area contributed by atoms with Crippen LogP contribution in [0, 0.1) is 0 Å². The van der Waals surface area contributed by atoms with E-state index in [-0.39, 0.29) is 30.2 Å². The largest absolute Gasteiger partial charge is 0.333 e. The summed E-state index contributed by atoms with van der Waals surface area (Å²) in [6.07, 6.45) is 0.611. The number of nitrogens with one attached hydrogen (secondary N) is 1. The molecule has 1 N–H and O–H groups in total. The maximum atomic E-state index is 12.7. The second-order valence-electron chi connectivity index (χ2n) is 5.79. The maximum absolute atomic E-state index is 12.7. The van der Waals surface area contributed by atoms with Crippen LogP contribution in [0.3, 0.4) is 0 Å². The first kappa shape index (κ1) is 20.0. The van der Waals surface area contributed by atoms with Crippen LogP contribution in [0.1, 0.15) is 30.3 Å². The van der Waals surface area contributed by atoms with Crippen molar-refractivity contribution in [3.8, 4) is 5.69 Å². The fourth-order valence-corrected chi connectivity index (χ4v) is 3.35. The van der Waals surface area contributed by atoms with Gasteiger partial charge in [-0.2, -0.15) is 0 Å². The van der Waals surface area contributed by atoms with Crippen molar-refractivity contribution >= 4 is 41.5 Å². The minimum atomic E-state index is -0.167. The molecule has 1 amide bonds. The first-order valence-electron chi connectivity index (χ1n) is 7.94. The smallest absolute Gasteiger partial charge is 0.293 e. The Morgan fingerprint density at radius 1 is 1.36 bits per heavy atom. The van der Waals surface area contributed by atoms with Crippen molar-refractivity contribution < 1.29 is 4.79 Å². The lowest BCUT2D eigenvalue weighted by Crippen LogP contribution is -2.51. The average molecular weight is 405 g/mol. The first-order chi connectivity index (χ1) is 11.5. The molecule has 1 aliphatic heterocycles. The molecular weight excluding hydrogens is 385 g/mol. The van der Waals surface area contributed by atoms with E-state index in [0.717, 1.165) is 6.54 Å². The molecule has 1 saturated heterocycles. The van der Waals surface area contributed by atoms with Crippen LogP contribution in [-0.2, 0) is 6.42 Å². The molecule has 3 rings (SSSR count). The highest BCUT2D eigenvalue weighted by atomic mass is 35.5. The highest BCUT2D eigenvalue weighted by molar-refractivity contribution is 6.37. The number of carbonyl (C=O) groups excluding carboxylic acids is 1. The van der Waals surface area contributed by atoms with Gasteiger partial charge in [-0.15, -0.1) is 17.5 Å². The zero-order valence-corrected chi connectivity index (χ0v) is 16.3. The highest BCUT2D eigenvalue weighted by Gasteiger charge is 2.26. The normalized spacial score (nSPS) is 17.3. The molecule has 1 aromatic heterocycles. The number of amides is 1. The van der Waals surface area contributed by atoms with Gasteiger partial charge in [-0.25, -0.2) is 9.67 Å². The van der Waals surface area contributed by atoms with E-state index in [1.807, 2.05) is 13.8 Å². The standard InChI is InChI=1S/C16H19Cl2N5O.ClH/c1-3-13-20-15(16(24)22-8-7-19-10(2)9-22)21-23(13)14-11(17)5-4-6-12(14)18;/h4-6,10,19H,3,7-9H2,1-2H3;1H. The molecule has 9 heteroatoms. The van der Waals surface area contributed by atoms with Crippen molar-refractivity contribution in [3.63, 3.8) is 0 Å². The van der Waals surface area contributed by atoms with E-state index in [1.54, 1.807) is 27.8 Å². The Kier molecular flexibility index (Phi) is 6.68. The van der Waals surface area contributed by atoms with Crippen LogP contribution in [0.2, 0.25) is 10.0 Å². The van der Waals surface area contributed by atoms with Crippen LogP contribution in [0.4, 0.5) is 0 Å². The van der Waals surface area contributed by atoms with Gasteiger partial charge in [0.1, 0.15) is 11.5 Å². The molecular formula is C16H20Cl3N5O. The molecule has 1 aromatic carbocycles. The van der Waals surface area contributed by atoms with E-state index >= 15 is 0 Å². The minimum Gasteiger partial charge on any atom is -0.333 e. The lowest BCUT2D eigenvalue weighted by molar-refractivity contribution is 0.0696. The maximum Gasteiger partial charge on any atom is 0.293 e. The topological polar surface area (TPSA) is 63.1 Å². The summed E-state index contributed by atoms with van der Waals surface area (Å²) in [5.41, 5.74) is 0.554. The van der Waals surface area contributed by atoms with Gasteiger partial charge in [0.2, 0.25) is 5.82 Å². The summed E-state index contributed by atoms with van der Waals surface area (Å²) in [6.45, 7) is 6.05. The van der Waals surface area contributed by atoms with Gasteiger partial charge < -0.3 is 10.2 Å². The van der Waals surface area contributed by atoms with Crippen LogP contribution in [0.15, 0.2) is 18.2 Å². The van der Waals surface area contributed by atoms with E-state index < -0.39 is 0 Å². The van der Waals surface area contributed by atoms with Crippen molar-refractivity contribution in [1.82, 2.24) is 25.0 Å². The predicted octanol–water partition coefficient (Wildman–Crippen LogP) is 2.99. The quantitative estimate of drug-likeness (QED) is 0.854. The molecule has 136 valence electrons. The Morgan fingerprint density at radius 3 is 2.64 bits per heavy atom. The Hall–Kier alpha value is -1.34. The number of hydrogen-bond donors (Lipinski definition) is 1. The second kappa shape index (κ2) is 8.36. The molecule has 1 aliphatic rings. The van der Waals surface area contributed by atoms with E-state index in [4.69, 9.17) is 23.2 Å². The van der Waals surface area contributed by atoms with Crippen molar-refractivity contribution in [3.05, 3.63) is 39.9 Å². The monoisotopic (exact) mass is 403 g/mol. The molecule has 0 spiro atoms. The van der Waals surface area contributed by atoms with Crippen molar-refractivity contribution in [2.24, 2.45) is 0 Å². The molecule has 1 fully saturated rings. The lowest BCUT2D eigenvalue weighted by atomic mass is 10.2. The summed E-state index contributed by atoms with van der Waals surface area (Å²) < 4.78 is 1.57. The third kappa shape index (κ3) is 4.08. The summed E-state index contributed by atoms with van der Waals surface area (Å²) in [7, 11) is 0. The number of benzene rings is 1. The number of para-hydroxylation sites is 1. The Balaban J connectivity index is 0.00000225. The molecule has 1 unspecified atom stereocenters. The van der Waals surface area contributed by atoms with Crippen LogP contribution < -0.4 is 5.32 Å². The zero-order valence-electron chi connectivity index (χ0n) is 14.0. The third-order valence-corrected chi connectivity index (χ3v) is 4.60. The first-order valence-corrected chi connectivity index (χ1v) is 8.69. The van der Waals surface area contributed by atoms with Gasteiger partial charge in [-0.3, -0.25) is 4.79 Å². The molecule has 0 bridgehead atoms. The Bertz CT molecular complexity index is 744. The zero-order chi connectivity index (χ0) is 17.3. The van der Waals surface area contributed by atoms with Crippen LogP contribution in [0.25, 0.3) is 5.69 Å². The van der Waals surface area contributed by atoms with Crippen LogP contribution >= 0.6 is 35.6 Å². The van der Waals surface area contributed by atoms with Crippen molar-refractivity contribution in [1.29, 1.82) is 0 Å². The van der Waals surface area contributed by atoms with E-state index in [9.17, 15) is 4.79 Å². The van der Waals surface area contributed by atoms with Crippen LogP contribution in [-0.4, -0.2) is 51.2 Å². The third-order valence-electron chi connectivity index (χ3n) is 3.99. The summed E-state index contributed by atoms with van der Waals surface area (Å²) in [5.74, 6) is 0.661. The molecule has 25 heavy (non-hydrogen) atoms. The molecule has 6 nitrogen and oxygen atoms in total. The number of hydrogen-bond acceptors (Lipinski definition) is 4. The minimum absolute atomic E-state index is 0. The number of rotatable bonds is 3. The Morgan fingerprint density at radius 2 is 2.04 bits per heavy atom. The summed E-state index contributed by atoms with van der Waals surface area (Å²) in [4.78, 5) is 18.9. The summed E-state index contributed by atoms with van der Waals surface area (Å²) in [5, 5.41) is 8.65. The van der Waals surface area contributed by atoms with Gasteiger partial charge in [0.25, 0.3) is 5.91 Å². The Labute approximate surface area is 162 Å². The van der Waals surface area contributed by atoms with E-state index in [2.05, 4.69) is 15.4 Å². The SMILES string of the molecule is CCc1nc(C(=O)N2CCNC(C)C2)nn1-c1c(Cl)cccc1Cl.Cl. The highest BCUT2D eigenvalue weighted by Crippen LogP contribution is 2.28. The van der Waals surface area contributed by atoms with Crippen molar-refractivity contribution in [2.45, 2.75) is 26.3 Å². The molecule has 0 saturated carbocycles. The number of aromatic nitrogens is 3. The second-order valence-corrected chi connectivity index (χ2v) is 6.61. The van der Waals surface area contributed by atoms with Gasteiger partial charge in [0.15, 0.2) is 0 Å². The van der Waals surface area contributed by atoms with Crippen LogP contribution in [0.5, 0.6) is 0 Å². The van der Waals surface area contributed by atoms with Gasteiger partial charge in [-0.1, -0.05) is 36.2 Å². The van der Waals surface area contributed by atoms with Gasteiger partial charge in [0, 0.05) is 32.1 Å². The molecule has 2 aromatic rings. The van der Waals surface area contributed by atoms with E-state index in [1.165, 1.54) is 0 Å².